The third-order valence-electron chi connectivity index (χ3n) is 5.20. The van der Waals surface area contributed by atoms with E-state index >= 15 is 0 Å². The molecule has 5 nitrogen and oxygen atoms in total. The molecule has 0 atom stereocenters. The van der Waals surface area contributed by atoms with Crippen LogP contribution in [-0.2, 0) is 16.6 Å². The first-order valence-corrected chi connectivity index (χ1v) is 9.37. The number of amides is 1. The Labute approximate surface area is 153 Å². The Morgan fingerprint density at radius 2 is 2.04 bits per heavy atom. The molecule has 1 saturated carbocycles. The van der Waals surface area contributed by atoms with Crippen LogP contribution in [0.3, 0.4) is 0 Å². The van der Waals surface area contributed by atoms with Crippen molar-refractivity contribution < 1.29 is 14.3 Å². The van der Waals surface area contributed by atoms with E-state index in [1.54, 1.807) is 6.20 Å². The first-order chi connectivity index (χ1) is 12.6. The summed E-state index contributed by atoms with van der Waals surface area (Å²) in [7, 11) is 1.90. The van der Waals surface area contributed by atoms with Gasteiger partial charge >= 0.3 is 5.97 Å². The molecule has 4 rings (SSSR count). The van der Waals surface area contributed by atoms with Crippen LogP contribution >= 0.6 is 0 Å². The molecule has 2 aliphatic rings. The smallest absolute Gasteiger partial charge is 0.340 e. The number of allylic oxidation sites excluding steroid dienone is 2. The lowest BCUT2D eigenvalue weighted by Gasteiger charge is -2.27. The van der Waals surface area contributed by atoms with Gasteiger partial charge in [0.2, 0.25) is 0 Å². The van der Waals surface area contributed by atoms with Gasteiger partial charge in [-0.15, -0.1) is 0 Å². The standard InChI is InChI=1S/C21H24N2O3/c1-22-13-18(17-9-5-6-10-19(17)22)21(25)26-14-20(24)23(16-11-12-16)15-7-3-2-4-8-15/h5-7,9-10,13,16H,2-4,8,11-12,14H2,1H3. The summed E-state index contributed by atoms with van der Waals surface area (Å²) < 4.78 is 7.29. The van der Waals surface area contributed by atoms with Crippen LogP contribution in [0.1, 0.15) is 48.9 Å². The second-order valence-electron chi connectivity index (χ2n) is 7.18. The van der Waals surface area contributed by atoms with Gasteiger partial charge in [-0.2, -0.15) is 0 Å². The van der Waals surface area contributed by atoms with E-state index in [-0.39, 0.29) is 12.5 Å². The van der Waals surface area contributed by atoms with Crippen molar-refractivity contribution in [2.24, 2.45) is 7.05 Å². The number of esters is 1. The monoisotopic (exact) mass is 352 g/mol. The zero-order valence-corrected chi connectivity index (χ0v) is 15.1. The lowest BCUT2D eigenvalue weighted by molar-refractivity contribution is -0.133. The largest absolute Gasteiger partial charge is 0.452 e. The van der Waals surface area contributed by atoms with Crippen molar-refractivity contribution in [3.05, 3.63) is 47.8 Å². The molecular formula is C21H24N2O3. The van der Waals surface area contributed by atoms with Gasteiger partial charge < -0.3 is 14.2 Å². The van der Waals surface area contributed by atoms with E-state index in [0.717, 1.165) is 48.7 Å². The number of aromatic nitrogens is 1. The molecule has 0 aliphatic heterocycles. The molecule has 2 aromatic rings. The molecule has 1 fully saturated rings. The normalized spacial score (nSPS) is 17.0. The summed E-state index contributed by atoms with van der Waals surface area (Å²) in [5, 5.41) is 0.849. The number of para-hydroxylation sites is 1. The minimum Gasteiger partial charge on any atom is -0.452 e. The van der Waals surface area contributed by atoms with E-state index in [1.165, 1.54) is 6.42 Å². The Balaban J connectivity index is 1.46. The molecule has 1 amide bonds. The van der Waals surface area contributed by atoms with Crippen molar-refractivity contribution in [2.75, 3.05) is 6.61 Å². The summed E-state index contributed by atoms with van der Waals surface area (Å²) in [6, 6.07) is 7.99. The van der Waals surface area contributed by atoms with Gasteiger partial charge in [-0.3, -0.25) is 4.79 Å². The van der Waals surface area contributed by atoms with Crippen LogP contribution in [0, 0.1) is 0 Å². The summed E-state index contributed by atoms with van der Waals surface area (Å²) >= 11 is 0. The summed E-state index contributed by atoms with van der Waals surface area (Å²) in [5.74, 6) is -0.544. The number of aryl methyl sites for hydroxylation is 1. The summed E-state index contributed by atoms with van der Waals surface area (Å²) in [6.45, 7) is -0.199. The number of rotatable bonds is 5. The topological polar surface area (TPSA) is 51.5 Å². The maximum Gasteiger partial charge on any atom is 0.340 e. The van der Waals surface area contributed by atoms with E-state index in [4.69, 9.17) is 4.74 Å². The first kappa shape index (κ1) is 16.9. The first-order valence-electron chi connectivity index (χ1n) is 9.37. The number of carbonyl (C=O) groups excluding carboxylic acids is 2. The van der Waals surface area contributed by atoms with Crippen molar-refractivity contribution in [3.63, 3.8) is 0 Å². The molecule has 136 valence electrons. The van der Waals surface area contributed by atoms with Crippen molar-refractivity contribution in [1.29, 1.82) is 0 Å². The Hall–Kier alpha value is -2.56. The summed E-state index contributed by atoms with van der Waals surface area (Å²) in [4.78, 5) is 27.2. The van der Waals surface area contributed by atoms with Crippen LogP contribution in [0.4, 0.5) is 0 Å². The predicted octanol–water partition coefficient (Wildman–Crippen LogP) is 3.78. The molecule has 1 heterocycles. The molecule has 0 N–H and O–H groups in total. The molecule has 1 aromatic heterocycles. The zero-order chi connectivity index (χ0) is 18.1. The molecular weight excluding hydrogens is 328 g/mol. The molecule has 0 spiro atoms. The van der Waals surface area contributed by atoms with Gasteiger partial charge in [0, 0.05) is 35.9 Å². The highest BCUT2D eigenvalue weighted by Gasteiger charge is 2.35. The molecule has 1 aromatic carbocycles. The van der Waals surface area contributed by atoms with E-state index in [0.29, 0.717) is 11.6 Å². The van der Waals surface area contributed by atoms with Crippen LogP contribution in [0.5, 0.6) is 0 Å². The molecule has 0 bridgehead atoms. The van der Waals surface area contributed by atoms with Crippen molar-refractivity contribution in [3.8, 4) is 0 Å². The minimum absolute atomic E-state index is 0.103. The minimum atomic E-state index is -0.441. The molecule has 0 unspecified atom stereocenters. The highest BCUT2D eigenvalue weighted by Crippen LogP contribution is 2.33. The fourth-order valence-corrected chi connectivity index (χ4v) is 3.75. The Bertz CT molecular complexity index is 877. The van der Waals surface area contributed by atoms with Crippen LogP contribution in [0.25, 0.3) is 10.9 Å². The van der Waals surface area contributed by atoms with Gasteiger partial charge in [-0.25, -0.2) is 4.79 Å². The molecule has 0 radical (unpaired) electrons. The quantitative estimate of drug-likeness (QED) is 0.770. The highest BCUT2D eigenvalue weighted by atomic mass is 16.5. The number of benzene rings is 1. The third-order valence-corrected chi connectivity index (χ3v) is 5.20. The number of carbonyl (C=O) groups is 2. The molecule has 2 aliphatic carbocycles. The van der Waals surface area contributed by atoms with Gasteiger partial charge in [0.05, 0.1) is 5.56 Å². The van der Waals surface area contributed by atoms with Crippen molar-refractivity contribution in [2.45, 2.75) is 44.6 Å². The second kappa shape index (κ2) is 6.98. The molecule has 0 saturated heterocycles. The third kappa shape index (κ3) is 3.26. The van der Waals surface area contributed by atoms with Gasteiger partial charge in [-0.05, 0) is 44.6 Å². The average Bonchev–Trinajstić information content (AvgIpc) is 3.44. The van der Waals surface area contributed by atoms with Crippen molar-refractivity contribution in [1.82, 2.24) is 9.47 Å². The maximum atomic E-state index is 12.7. The van der Waals surface area contributed by atoms with Crippen LogP contribution in [-0.4, -0.2) is 34.0 Å². The van der Waals surface area contributed by atoms with Gasteiger partial charge in [-0.1, -0.05) is 24.3 Å². The van der Waals surface area contributed by atoms with E-state index < -0.39 is 5.97 Å². The lowest BCUT2D eigenvalue weighted by atomic mass is 10.0. The lowest BCUT2D eigenvalue weighted by Crippen LogP contribution is -2.36. The average molecular weight is 352 g/mol. The van der Waals surface area contributed by atoms with Gasteiger partial charge in [0.25, 0.3) is 5.91 Å². The fraction of sp³-hybridized carbons (Fsp3) is 0.429. The van der Waals surface area contributed by atoms with E-state index in [2.05, 4.69) is 6.08 Å². The SMILES string of the molecule is Cn1cc(C(=O)OCC(=O)N(C2=CCCCC2)C2CC2)c2ccccc21. The number of fused-ring (bicyclic) bond motifs is 1. The van der Waals surface area contributed by atoms with Crippen molar-refractivity contribution >= 4 is 22.8 Å². The van der Waals surface area contributed by atoms with Crippen LogP contribution < -0.4 is 0 Å². The second-order valence-corrected chi connectivity index (χ2v) is 7.18. The summed E-state index contributed by atoms with van der Waals surface area (Å²) in [6.07, 6.45) is 10.3. The zero-order valence-electron chi connectivity index (χ0n) is 15.1. The number of hydrogen-bond donors (Lipinski definition) is 0. The summed E-state index contributed by atoms with van der Waals surface area (Å²) in [5.41, 5.74) is 2.59. The highest BCUT2D eigenvalue weighted by molar-refractivity contribution is 6.04. The van der Waals surface area contributed by atoms with Crippen LogP contribution in [0.15, 0.2) is 42.2 Å². The Morgan fingerprint density at radius 1 is 1.23 bits per heavy atom. The molecule has 5 heteroatoms. The number of nitrogens with zero attached hydrogens (tertiary/aromatic N) is 2. The van der Waals surface area contributed by atoms with E-state index in [1.807, 2.05) is 40.8 Å². The predicted molar refractivity (Wildman–Crippen MR) is 99.6 cm³/mol. The van der Waals surface area contributed by atoms with E-state index in [9.17, 15) is 9.59 Å². The fourth-order valence-electron chi connectivity index (χ4n) is 3.75. The van der Waals surface area contributed by atoms with Gasteiger partial charge in [0.1, 0.15) is 0 Å². The Morgan fingerprint density at radius 3 is 2.77 bits per heavy atom. The number of ether oxygens (including phenoxy) is 1. The van der Waals surface area contributed by atoms with Crippen LogP contribution in [0.2, 0.25) is 0 Å². The maximum absolute atomic E-state index is 12.7. The Kier molecular flexibility index (Phi) is 4.53. The molecule has 26 heavy (non-hydrogen) atoms. The number of hydrogen-bond acceptors (Lipinski definition) is 3. The van der Waals surface area contributed by atoms with Gasteiger partial charge in [0.15, 0.2) is 6.61 Å².